The monoisotopic (exact) mass is 383 g/mol. The topological polar surface area (TPSA) is 80.2 Å². The number of para-hydroxylation sites is 1. The van der Waals surface area contributed by atoms with Crippen LogP contribution in [0.4, 0.5) is 0 Å². The number of nitrogens with zero attached hydrogens (tertiary/aromatic N) is 2. The van der Waals surface area contributed by atoms with Crippen molar-refractivity contribution in [1.82, 2.24) is 10.2 Å². The van der Waals surface area contributed by atoms with Gasteiger partial charge in [-0.15, -0.1) is 0 Å². The number of benzene rings is 1. The average Bonchev–Trinajstić information content (AvgIpc) is 2.60. The second kappa shape index (κ2) is 8.16. The molecule has 8 heteroatoms. The van der Waals surface area contributed by atoms with Crippen molar-refractivity contribution in [3.63, 3.8) is 0 Å². The summed E-state index contributed by atoms with van der Waals surface area (Å²) in [7, 11) is 0.118. The van der Waals surface area contributed by atoms with Gasteiger partial charge in [-0.05, 0) is 26.8 Å². The maximum atomic E-state index is 12.2. The molecule has 0 bridgehead atoms. The first-order chi connectivity index (χ1) is 12.3. The molecule has 0 unspecified atom stereocenters. The fourth-order valence-corrected chi connectivity index (χ4v) is 4.35. The molecule has 0 aromatic heterocycles. The van der Waals surface area contributed by atoms with Crippen molar-refractivity contribution in [2.24, 2.45) is 4.99 Å². The summed E-state index contributed by atoms with van der Waals surface area (Å²) in [4.78, 5) is 6.72. The van der Waals surface area contributed by atoms with Crippen LogP contribution in [0.5, 0.6) is 11.5 Å². The lowest BCUT2D eigenvalue weighted by Gasteiger charge is -2.39. The Hall–Kier alpha value is -1.96. The Morgan fingerprint density at radius 2 is 2.04 bits per heavy atom. The van der Waals surface area contributed by atoms with Crippen molar-refractivity contribution in [3.05, 3.63) is 23.8 Å². The molecule has 1 aromatic rings. The van der Waals surface area contributed by atoms with Crippen molar-refractivity contribution in [2.75, 3.05) is 39.6 Å². The van der Waals surface area contributed by atoms with Crippen LogP contribution in [0.1, 0.15) is 26.3 Å². The first-order valence-electron chi connectivity index (χ1n) is 8.71. The highest BCUT2D eigenvalue weighted by Gasteiger charge is 2.40. The Labute approximate surface area is 156 Å². The number of hydrogen-bond donors (Lipinski definition) is 1. The molecule has 0 atom stereocenters. The second-order valence-corrected chi connectivity index (χ2v) is 9.57. The first kappa shape index (κ1) is 20.4. The Morgan fingerprint density at radius 3 is 2.62 bits per heavy atom. The zero-order valence-corrected chi connectivity index (χ0v) is 17.0. The van der Waals surface area contributed by atoms with Crippen molar-refractivity contribution in [3.8, 4) is 11.5 Å². The zero-order valence-electron chi connectivity index (χ0n) is 16.2. The van der Waals surface area contributed by atoms with Crippen LogP contribution in [0.3, 0.4) is 0 Å². The van der Waals surface area contributed by atoms with Crippen LogP contribution in [0.2, 0.25) is 0 Å². The van der Waals surface area contributed by atoms with Gasteiger partial charge in [0, 0.05) is 25.2 Å². The lowest BCUT2D eigenvalue weighted by Crippen LogP contribution is -2.57. The molecule has 2 rings (SSSR count). The molecular formula is C18H29N3O4S. The lowest BCUT2D eigenvalue weighted by molar-refractivity contribution is 0.349. The quantitative estimate of drug-likeness (QED) is 0.616. The minimum Gasteiger partial charge on any atom is -0.493 e. The molecule has 7 nitrogen and oxygen atoms in total. The minimum absolute atomic E-state index is 0.132. The van der Waals surface area contributed by atoms with Crippen molar-refractivity contribution >= 4 is 15.8 Å². The summed E-state index contributed by atoms with van der Waals surface area (Å²) in [6, 6.07) is 5.68. The van der Waals surface area contributed by atoms with E-state index in [9.17, 15) is 8.42 Å². The van der Waals surface area contributed by atoms with E-state index in [0.29, 0.717) is 43.6 Å². The van der Waals surface area contributed by atoms with Gasteiger partial charge in [0.25, 0.3) is 0 Å². The van der Waals surface area contributed by atoms with Gasteiger partial charge < -0.3 is 19.7 Å². The molecule has 26 heavy (non-hydrogen) atoms. The fourth-order valence-electron chi connectivity index (χ4n) is 2.99. The van der Waals surface area contributed by atoms with Gasteiger partial charge in [0.15, 0.2) is 27.3 Å². The predicted molar refractivity (Wildman–Crippen MR) is 104 cm³/mol. The van der Waals surface area contributed by atoms with Crippen LogP contribution in [-0.2, 0) is 16.4 Å². The van der Waals surface area contributed by atoms with E-state index >= 15 is 0 Å². The van der Waals surface area contributed by atoms with Gasteiger partial charge in [0.05, 0.1) is 31.3 Å². The summed E-state index contributed by atoms with van der Waals surface area (Å²) < 4.78 is 34.5. The molecule has 146 valence electrons. The van der Waals surface area contributed by atoms with E-state index in [-0.39, 0.29) is 5.75 Å². The van der Waals surface area contributed by atoms with E-state index in [1.165, 1.54) is 0 Å². The summed E-state index contributed by atoms with van der Waals surface area (Å²) in [6.07, 6.45) is 0. The van der Waals surface area contributed by atoms with E-state index in [4.69, 9.17) is 14.5 Å². The Balaban J connectivity index is 2.26. The third-order valence-corrected chi connectivity index (χ3v) is 7.09. The van der Waals surface area contributed by atoms with Crippen LogP contribution < -0.4 is 14.8 Å². The number of aliphatic imine (C=N–C) groups is 1. The summed E-state index contributed by atoms with van der Waals surface area (Å²) in [5.74, 6) is 2.17. The Morgan fingerprint density at radius 1 is 1.31 bits per heavy atom. The molecule has 1 saturated heterocycles. The second-order valence-electron chi connectivity index (χ2n) is 6.82. The lowest BCUT2D eigenvalue weighted by atomic mass is 10.2. The Kier molecular flexibility index (Phi) is 6.39. The number of guanidine groups is 1. The first-order valence-corrected chi connectivity index (χ1v) is 10.4. The third-order valence-electron chi connectivity index (χ3n) is 4.56. The van der Waals surface area contributed by atoms with Crippen LogP contribution in [-0.4, -0.2) is 63.6 Å². The molecule has 1 aliphatic heterocycles. The van der Waals surface area contributed by atoms with Gasteiger partial charge in [-0.2, -0.15) is 0 Å². The molecule has 1 aliphatic rings. The molecule has 1 N–H and O–H groups in total. The van der Waals surface area contributed by atoms with Crippen LogP contribution in [0.15, 0.2) is 23.2 Å². The SMILES string of the molecule is CCNC(=NCc1cccc(OC)c1OC)N1CCS(=O)(=O)C(C)(C)C1. The highest BCUT2D eigenvalue weighted by Crippen LogP contribution is 2.31. The maximum absolute atomic E-state index is 12.2. The largest absolute Gasteiger partial charge is 0.493 e. The predicted octanol–water partition coefficient (Wildman–Crippen LogP) is 1.68. The van der Waals surface area contributed by atoms with Gasteiger partial charge in [-0.25, -0.2) is 13.4 Å². The summed E-state index contributed by atoms with van der Waals surface area (Å²) >= 11 is 0. The number of hydrogen-bond acceptors (Lipinski definition) is 5. The normalized spacial score (nSPS) is 19.1. The minimum atomic E-state index is -3.09. The van der Waals surface area contributed by atoms with Crippen LogP contribution in [0, 0.1) is 0 Å². The number of rotatable bonds is 5. The number of methoxy groups -OCH3 is 2. The van der Waals surface area contributed by atoms with Gasteiger partial charge in [0.1, 0.15) is 0 Å². The van der Waals surface area contributed by atoms with Crippen LogP contribution >= 0.6 is 0 Å². The molecule has 0 aliphatic carbocycles. The smallest absolute Gasteiger partial charge is 0.194 e. The van der Waals surface area contributed by atoms with E-state index < -0.39 is 14.6 Å². The summed E-state index contributed by atoms with van der Waals surface area (Å²) in [5, 5.41) is 3.26. The molecule has 0 spiro atoms. The van der Waals surface area contributed by atoms with E-state index in [1.54, 1.807) is 28.1 Å². The molecule has 0 amide bonds. The van der Waals surface area contributed by atoms with Gasteiger partial charge >= 0.3 is 0 Å². The molecule has 1 fully saturated rings. The van der Waals surface area contributed by atoms with E-state index in [0.717, 1.165) is 5.56 Å². The molecule has 0 saturated carbocycles. The third kappa shape index (κ3) is 4.23. The number of nitrogens with one attached hydrogen (secondary N) is 1. The number of ether oxygens (including phenoxy) is 2. The molecule has 0 radical (unpaired) electrons. The summed E-state index contributed by atoms with van der Waals surface area (Å²) in [5.41, 5.74) is 0.908. The molecule has 1 heterocycles. The van der Waals surface area contributed by atoms with Gasteiger partial charge in [0.2, 0.25) is 0 Å². The van der Waals surface area contributed by atoms with Crippen molar-refractivity contribution in [2.45, 2.75) is 32.1 Å². The molecular weight excluding hydrogens is 354 g/mol. The average molecular weight is 384 g/mol. The van der Waals surface area contributed by atoms with E-state index in [1.807, 2.05) is 30.0 Å². The van der Waals surface area contributed by atoms with Gasteiger partial charge in [-0.1, -0.05) is 12.1 Å². The fraction of sp³-hybridized carbons (Fsp3) is 0.611. The maximum Gasteiger partial charge on any atom is 0.194 e. The van der Waals surface area contributed by atoms with Gasteiger partial charge in [-0.3, -0.25) is 0 Å². The molecule has 1 aromatic carbocycles. The van der Waals surface area contributed by atoms with E-state index in [2.05, 4.69) is 5.32 Å². The van der Waals surface area contributed by atoms with Crippen LogP contribution in [0.25, 0.3) is 0 Å². The highest BCUT2D eigenvalue weighted by atomic mass is 32.2. The highest BCUT2D eigenvalue weighted by molar-refractivity contribution is 7.92. The standard InChI is InChI=1S/C18H29N3O4S/c1-6-19-17(21-10-11-26(22,23)18(2,3)13-21)20-12-14-8-7-9-15(24-4)16(14)25-5/h7-9H,6,10-13H2,1-5H3,(H,19,20). The van der Waals surface area contributed by atoms with Crippen molar-refractivity contribution < 1.29 is 17.9 Å². The zero-order chi connectivity index (χ0) is 19.4. The summed E-state index contributed by atoms with van der Waals surface area (Å²) in [6.45, 7) is 7.49. The van der Waals surface area contributed by atoms with Crippen molar-refractivity contribution in [1.29, 1.82) is 0 Å². The Bertz CT molecular complexity index is 760. The number of sulfone groups is 1.